The molecular formula is C16H22BrNO2. The molecule has 0 spiro atoms. The van der Waals surface area contributed by atoms with E-state index in [1.807, 2.05) is 35.2 Å². The zero-order valence-electron chi connectivity index (χ0n) is 11.8. The molecule has 1 unspecified atom stereocenters. The highest BCUT2D eigenvalue weighted by atomic mass is 79.9. The van der Waals surface area contributed by atoms with Crippen LogP contribution in [0.2, 0.25) is 0 Å². The van der Waals surface area contributed by atoms with E-state index in [9.17, 15) is 4.79 Å². The van der Waals surface area contributed by atoms with Crippen LogP contribution in [-0.4, -0.2) is 29.4 Å². The van der Waals surface area contributed by atoms with Crippen molar-refractivity contribution in [1.29, 1.82) is 0 Å². The third kappa shape index (κ3) is 4.82. The van der Waals surface area contributed by atoms with E-state index in [1.165, 1.54) is 19.3 Å². The normalized spacial score (nSPS) is 18.9. The quantitative estimate of drug-likeness (QED) is 0.752. The maximum atomic E-state index is 12.1. The van der Waals surface area contributed by atoms with Gasteiger partial charge in [-0.1, -0.05) is 46.3 Å². The Hall–Kier alpha value is -1.03. The molecule has 110 valence electrons. The average Bonchev–Trinajstić information content (AvgIpc) is 2.52. The van der Waals surface area contributed by atoms with Gasteiger partial charge in [-0.3, -0.25) is 0 Å². The molecular weight excluding hydrogens is 318 g/mol. The fourth-order valence-electron chi connectivity index (χ4n) is 2.64. The summed E-state index contributed by atoms with van der Waals surface area (Å²) in [4.78, 5) is 14.0. The summed E-state index contributed by atoms with van der Waals surface area (Å²) in [5.41, 5.74) is 1.04. The Morgan fingerprint density at radius 3 is 2.90 bits per heavy atom. The average molecular weight is 340 g/mol. The van der Waals surface area contributed by atoms with Gasteiger partial charge in [0.05, 0.1) is 0 Å². The molecule has 0 saturated carbocycles. The van der Waals surface area contributed by atoms with Crippen LogP contribution in [0.4, 0.5) is 4.79 Å². The molecule has 1 atom stereocenters. The molecule has 1 aliphatic rings. The number of likely N-dealkylation sites (tertiary alicyclic amines) is 1. The van der Waals surface area contributed by atoms with E-state index in [4.69, 9.17) is 4.74 Å². The number of nitrogens with zero attached hydrogens (tertiary/aromatic N) is 1. The standard InChI is InChI=1S/C16H22BrNO2/c17-10-4-8-14-9-5-11-18(12-14)16(19)20-13-15-6-2-1-3-7-15/h1-3,6-7,14H,4-5,8-13H2. The van der Waals surface area contributed by atoms with Crippen molar-refractivity contribution in [1.82, 2.24) is 4.90 Å². The summed E-state index contributed by atoms with van der Waals surface area (Å²) in [5, 5.41) is 1.04. The van der Waals surface area contributed by atoms with Gasteiger partial charge in [-0.2, -0.15) is 0 Å². The van der Waals surface area contributed by atoms with E-state index in [2.05, 4.69) is 15.9 Å². The molecule has 1 saturated heterocycles. The van der Waals surface area contributed by atoms with Gasteiger partial charge in [-0.05, 0) is 37.2 Å². The zero-order chi connectivity index (χ0) is 14.2. The minimum Gasteiger partial charge on any atom is -0.445 e. The highest BCUT2D eigenvalue weighted by molar-refractivity contribution is 9.09. The van der Waals surface area contributed by atoms with Gasteiger partial charge in [0.15, 0.2) is 0 Å². The fraction of sp³-hybridized carbons (Fsp3) is 0.562. The summed E-state index contributed by atoms with van der Waals surface area (Å²) in [6.07, 6.45) is 4.52. The van der Waals surface area contributed by atoms with E-state index >= 15 is 0 Å². The van der Waals surface area contributed by atoms with Crippen molar-refractivity contribution in [3.05, 3.63) is 35.9 Å². The monoisotopic (exact) mass is 339 g/mol. The van der Waals surface area contributed by atoms with Crippen molar-refractivity contribution in [3.63, 3.8) is 0 Å². The Morgan fingerprint density at radius 2 is 2.15 bits per heavy atom. The van der Waals surface area contributed by atoms with Crippen molar-refractivity contribution in [3.8, 4) is 0 Å². The first-order valence-electron chi connectivity index (χ1n) is 7.31. The van der Waals surface area contributed by atoms with Crippen LogP contribution in [0, 0.1) is 5.92 Å². The number of hydrogen-bond acceptors (Lipinski definition) is 2. The summed E-state index contributed by atoms with van der Waals surface area (Å²) in [6, 6.07) is 9.83. The lowest BCUT2D eigenvalue weighted by molar-refractivity contribution is 0.0779. The van der Waals surface area contributed by atoms with Crippen molar-refractivity contribution < 1.29 is 9.53 Å². The number of piperidine rings is 1. The molecule has 0 aliphatic carbocycles. The zero-order valence-corrected chi connectivity index (χ0v) is 13.3. The second-order valence-electron chi connectivity index (χ2n) is 5.33. The summed E-state index contributed by atoms with van der Waals surface area (Å²) < 4.78 is 5.40. The second-order valence-corrected chi connectivity index (χ2v) is 6.12. The molecule has 0 bridgehead atoms. The van der Waals surface area contributed by atoms with Crippen LogP contribution in [0.25, 0.3) is 0 Å². The van der Waals surface area contributed by atoms with Gasteiger partial charge in [-0.15, -0.1) is 0 Å². The largest absolute Gasteiger partial charge is 0.445 e. The first-order chi connectivity index (χ1) is 9.79. The number of rotatable bonds is 5. The molecule has 0 radical (unpaired) electrons. The minimum atomic E-state index is -0.169. The summed E-state index contributed by atoms with van der Waals surface area (Å²) >= 11 is 3.47. The summed E-state index contributed by atoms with van der Waals surface area (Å²) in [5.74, 6) is 0.630. The predicted molar refractivity (Wildman–Crippen MR) is 84.0 cm³/mol. The Labute approximate surface area is 129 Å². The van der Waals surface area contributed by atoms with Crippen LogP contribution < -0.4 is 0 Å². The van der Waals surface area contributed by atoms with E-state index in [-0.39, 0.29) is 6.09 Å². The van der Waals surface area contributed by atoms with Crippen LogP contribution in [0.5, 0.6) is 0 Å². The predicted octanol–water partition coefficient (Wildman–Crippen LogP) is 4.21. The van der Waals surface area contributed by atoms with E-state index in [0.717, 1.165) is 30.4 Å². The number of amides is 1. The van der Waals surface area contributed by atoms with Crippen LogP contribution >= 0.6 is 15.9 Å². The maximum absolute atomic E-state index is 12.1. The molecule has 20 heavy (non-hydrogen) atoms. The number of hydrogen-bond donors (Lipinski definition) is 0. The Balaban J connectivity index is 1.77. The van der Waals surface area contributed by atoms with Gasteiger partial charge in [-0.25, -0.2) is 4.79 Å². The molecule has 0 N–H and O–H groups in total. The van der Waals surface area contributed by atoms with Gasteiger partial charge in [0.25, 0.3) is 0 Å². The molecule has 1 amide bonds. The molecule has 1 aliphatic heterocycles. The molecule has 1 heterocycles. The SMILES string of the molecule is O=C(OCc1ccccc1)N1CCCC(CCCBr)C1. The highest BCUT2D eigenvalue weighted by Crippen LogP contribution is 2.22. The Bertz CT molecular complexity index is 410. The van der Waals surface area contributed by atoms with Crippen molar-refractivity contribution >= 4 is 22.0 Å². The van der Waals surface area contributed by atoms with Crippen LogP contribution in [-0.2, 0) is 11.3 Å². The van der Waals surface area contributed by atoms with E-state index in [0.29, 0.717) is 12.5 Å². The highest BCUT2D eigenvalue weighted by Gasteiger charge is 2.24. The number of alkyl halides is 1. The van der Waals surface area contributed by atoms with Gasteiger partial charge in [0, 0.05) is 18.4 Å². The lowest BCUT2D eigenvalue weighted by atomic mass is 9.94. The van der Waals surface area contributed by atoms with Gasteiger partial charge in [0.1, 0.15) is 6.61 Å². The maximum Gasteiger partial charge on any atom is 0.410 e. The number of ether oxygens (including phenoxy) is 1. The number of benzene rings is 1. The minimum absolute atomic E-state index is 0.169. The van der Waals surface area contributed by atoms with Crippen molar-refractivity contribution in [2.75, 3.05) is 18.4 Å². The molecule has 1 aromatic carbocycles. The van der Waals surface area contributed by atoms with Gasteiger partial charge in [0.2, 0.25) is 0 Å². The molecule has 2 rings (SSSR count). The topological polar surface area (TPSA) is 29.5 Å². The summed E-state index contributed by atoms with van der Waals surface area (Å²) in [7, 11) is 0. The van der Waals surface area contributed by atoms with Crippen molar-refractivity contribution in [2.45, 2.75) is 32.3 Å². The van der Waals surface area contributed by atoms with Gasteiger partial charge < -0.3 is 9.64 Å². The molecule has 1 aromatic rings. The third-order valence-corrected chi connectivity index (χ3v) is 4.29. The first kappa shape index (κ1) is 15.4. The molecule has 3 nitrogen and oxygen atoms in total. The van der Waals surface area contributed by atoms with Crippen LogP contribution in [0.15, 0.2) is 30.3 Å². The van der Waals surface area contributed by atoms with E-state index in [1.54, 1.807) is 0 Å². The Kier molecular flexibility index (Phi) is 6.37. The molecule has 1 fully saturated rings. The number of carbonyl (C=O) groups is 1. The third-order valence-electron chi connectivity index (χ3n) is 3.73. The van der Waals surface area contributed by atoms with Crippen LogP contribution in [0.1, 0.15) is 31.2 Å². The van der Waals surface area contributed by atoms with Crippen molar-refractivity contribution in [2.24, 2.45) is 5.92 Å². The smallest absolute Gasteiger partial charge is 0.410 e. The fourth-order valence-corrected chi connectivity index (χ4v) is 2.97. The number of halogens is 1. The van der Waals surface area contributed by atoms with Gasteiger partial charge >= 0.3 is 6.09 Å². The Morgan fingerprint density at radius 1 is 1.35 bits per heavy atom. The first-order valence-corrected chi connectivity index (χ1v) is 8.43. The molecule has 4 heteroatoms. The van der Waals surface area contributed by atoms with E-state index < -0.39 is 0 Å². The lowest BCUT2D eigenvalue weighted by Gasteiger charge is -2.32. The number of carbonyl (C=O) groups excluding carboxylic acids is 1. The second kappa shape index (κ2) is 8.30. The van der Waals surface area contributed by atoms with Crippen LogP contribution in [0.3, 0.4) is 0 Å². The molecule has 0 aromatic heterocycles. The summed E-state index contributed by atoms with van der Waals surface area (Å²) in [6.45, 7) is 2.04. The lowest BCUT2D eigenvalue weighted by Crippen LogP contribution is -2.40.